The van der Waals surface area contributed by atoms with Crippen molar-refractivity contribution in [2.24, 2.45) is 0 Å². The molecule has 1 aliphatic carbocycles. The third-order valence-corrected chi connectivity index (χ3v) is 4.71. The number of ketones is 1. The molecule has 0 radical (unpaired) electrons. The van der Waals surface area contributed by atoms with Crippen LogP contribution in [0.2, 0.25) is 0 Å². The predicted octanol–water partition coefficient (Wildman–Crippen LogP) is 3.08. The zero-order valence-electron chi connectivity index (χ0n) is 6.13. The topological polar surface area (TPSA) is 17.1 Å². The maximum absolute atomic E-state index is 11.5. The highest BCUT2D eigenvalue weighted by Gasteiger charge is 2.35. The fourth-order valence-corrected chi connectivity index (χ4v) is 2.57. The van der Waals surface area contributed by atoms with E-state index in [-0.39, 0.29) is 15.4 Å². The van der Waals surface area contributed by atoms with Gasteiger partial charge in [-0.25, -0.2) is 0 Å². The lowest BCUT2D eigenvalue weighted by Gasteiger charge is -2.02. The van der Waals surface area contributed by atoms with Gasteiger partial charge in [-0.1, -0.05) is 56.1 Å². The van der Waals surface area contributed by atoms with Crippen LogP contribution >= 0.6 is 31.9 Å². The van der Waals surface area contributed by atoms with Crippen molar-refractivity contribution in [2.75, 3.05) is 0 Å². The van der Waals surface area contributed by atoms with Crippen LogP contribution in [-0.2, 0) is 0 Å². The van der Waals surface area contributed by atoms with Gasteiger partial charge in [0.25, 0.3) is 0 Å². The molecule has 12 heavy (non-hydrogen) atoms. The Labute approximate surface area is 87.4 Å². The highest BCUT2D eigenvalue weighted by atomic mass is 79.9. The summed E-state index contributed by atoms with van der Waals surface area (Å²) >= 11 is 6.83. The van der Waals surface area contributed by atoms with Gasteiger partial charge in [-0.3, -0.25) is 4.79 Å². The van der Waals surface area contributed by atoms with Crippen LogP contribution in [0.4, 0.5) is 0 Å². The van der Waals surface area contributed by atoms with Crippen LogP contribution in [0.25, 0.3) is 0 Å². The van der Waals surface area contributed by atoms with Crippen molar-refractivity contribution < 1.29 is 4.79 Å². The summed E-state index contributed by atoms with van der Waals surface area (Å²) in [7, 11) is 0. The first-order valence-corrected chi connectivity index (χ1v) is 5.46. The van der Waals surface area contributed by atoms with Gasteiger partial charge in [-0.2, -0.15) is 0 Å². The summed E-state index contributed by atoms with van der Waals surface area (Å²) in [6, 6.07) is 7.69. The summed E-state index contributed by atoms with van der Waals surface area (Å²) in [5.41, 5.74) is 1.92. The summed E-state index contributed by atoms with van der Waals surface area (Å²) in [6.45, 7) is 0. The summed E-state index contributed by atoms with van der Waals surface area (Å²) < 4.78 is 0. The second-order valence-electron chi connectivity index (χ2n) is 2.76. The zero-order chi connectivity index (χ0) is 8.72. The molecule has 0 spiro atoms. The molecule has 0 amide bonds. The van der Waals surface area contributed by atoms with Gasteiger partial charge in [0, 0.05) is 5.56 Å². The van der Waals surface area contributed by atoms with Gasteiger partial charge in [-0.05, 0) is 5.56 Å². The molecule has 0 bridgehead atoms. The molecule has 1 aromatic carbocycles. The molecule has 2 unspecified atom stereocenters. The summed E-state index contributed by atoms with van der Waals surface area (Å²) in [5.74, 6) is 0.174. The molecule has 2 rings (SSSR count). The molecule has 0 aromatic heterocycles. The first-order chi connectivity index (χ1) is 5.72. The standard InChI is InChI=1S/C9H6Br2O/c10-7-5-3-1-2-4-6(5)9(12)8(7)11/h1-4,7-8H. The minimum Gasteiger partial charge on any atom is -0.293 e. The monoisotopic (exact) mass is 288 g/mol. The molecule has 3 heteroatoms. The lowest BCUT2D eigenvalue weighted by molar-refractivity contribution is 0.100. The molecule has 0 aliphatic heterocycles. The van der Waals surface area contributed by atoms with Crippen LogP contribution in [0, 0.1) is 0 Å². The first kappa shape index (κ1) is 8.45. The van der Waals surface area contributed by atoms with Crippen molar-refractivity contribution in [3.8, 4) is 0 Å². The molecule has 0 fully saturated rings. The highest BCUT2D eigenvalue weighted by Crippen LogP contribution is 2.41. The van der Waals surface area contributed by atoms with Crippen molar-refractivity contribution >= 4 is 37.6 Å². The molecular weight excluding hydrogens is 284 g/mol. The molecule has 62 valence electrons. The third-order valence-electron chi connectivity index (χ3n) is 2.03. The normalized spacial score (nSPS) is 27.3. The van der Waals surface area contributed by atoms with Gasteiger partial charge in [0.1, 0.15) is 0 Å². The van der Waals surface area contributed by atoms with Crippen molar-refractivity contribution in [1.29, 1.82) is 0 Å². The minimum atomic E-state index is -0.102. The Bertz CT molecular complexity index is 335. The Morgan fingerprint density at radius 3 is 2.42 bits per heavy atom. The van der Waals surface area contributed by atoms with E-state index in [1.807, 2.05) is 24.3 Å². The second-order valence-corrected chi connectivity index (χ2v) is 4.73. The molecule has 0 saturated heterocycles. The fourth-order valence-electron chi connectivity index (χ4n) is 1.40. The van der Waals surface area contributed by atoms with Crippen molar-refractivity contribution in [3.05, 3.63) is 35.4 Å². The lowest BCUT2D eigenvalue weighted by Crippen LogP contribution is -2.07. The summed E-state index contributed by atoms with van der Waals surface area (Å²) in [4.78, 5) is 11.6. The Morgan fingerprint density at radius 2 is 1.75 bits per heavy atom. The number of carbonyl (C=O) groups excluding carboxylic acids is 1. The van der Waals surface area contributed by atoms with Crippen LogP contribution in [0.3, 0.4) is 0 Å². The maximum Gasteiger partial charge on any atom is 0.178 e. The van der Waals surface area contributed by atoms with Crippen molar-refractivity contribution in [3.63, 3.8) is 0 Å². The van der Waals surface area contributed by atoms with E-state index in [0.717, 1.165) is 11.1 Å². The third kappa shape index (κ3) is 1.07. The second kappa shape index (κ2) is 2.96. The Kier molecular flexibility index (Phi) is 2.09. The largest absolute Gasteiger partial charge is 0.293 e. The van der Waals surface area contributed by atoms with E-state index in [9.17, 15) is 4.79 Å². The number of benzene rings is 1. The molecular formula is C9H6Br2O. The minimum absolute atomic E-state index is 0.102. The number of hydrogen-bond donors (Lipinski definition) is 0. The van der Waals surface area contributed by atoms with Crippen LogP contribution in [0.1, 0.15) is 20.7 Å². The Balaban J connectivity index is 2.59. The van der Waals surface area contributed by atoms with E-state index in [2.05, 4.69) is 31.9 Å². The summed E-state index contributed by atoms with van der Waals surface area (Å²) in [5, 5.41) is 0. The molecule has 1 nitrogen and oxygen atoms in total. The van der Waals surface area contributed by atoms with Gasteiger partial charge < -0.3 is 0 Å². The van der Waals surface area contributed by atoms with Gasteiger partial charge in [0.15, 0.2) is 5.78 Å². The van der Waals surface area contributed by atoms with Crippen LogP contribution in [0.5, 0.6) is 0 Å². The quantitative estimate of drug-likeness (QED) is 0.671. The average molecular weight is 290 g/mol. The highest BCUT2D eigenvalue weighted by molar-refractivity contribution is 9.12. The van der Waals surface area contributed by atoms with Crippen LogP contribution < -0.4 is 0 Å². The molecule has 0 heterocycles. The van der Waals surface area contributed by atoms with Gasteiger partial charge in [0.2, 0.25) is 0 Å². The molecule has 2 atom stereocenters. The predicted molar refractivity (Wildman–Crippen MR) is 55.2 cm³/mol. The number of hydrogen-bond acceptors (Lipinski definition) is 1. The van der Waals surface area contributed by atoms with Crippen molar-refractivity contribution in [2.45, 2.75) is 9.65 Å². The van der Waals surface area contributed by atoms with Gasteiger partial charge >= 0.3 is 0 Å². The van der Waals surface area contributed by atoms with Crippen LogP contribution in [-0.4, -0.2) is 10.6 Å². The number of rotatable bonds is 0. The smallest absolute Gasteiger partial charge is 0.178 e. The van der Waals surface area contributed by atoms with E-state index in [1.54, 1.807) is 0 Å². The molecule has 1 aromatic rings. The number of alkyl halides is 2. The number of halogens is 2. The average Bonchev–Trinajstić information content (AvgIpc) is 2.33. The zero-order valence-corrected chi connectivity index (χ0v) is 9.30. The maximum atomic E-state index is 11.5. The van der Waals surface area contributed by atoms with Crippen LogP contribution in [0.15, 0.2) is 24.3 Å². The Hall–Kier alpha value is -0.150. The lowest BCUT2D eigenvalue weighted by atomic mass is 10.1. The fraction of sp³-hybridized carbons (Fsp3) is 0.222. The van der Waals surface area contributed by atoms with Gasteiger partial charge in [0.05, 0.1) is 9.65 Å². The molecule has 1 aliphatic rings. The van der Waals surface area contributed by atoms with Gasteiger partial charge in [-0.15, -0.1) is 0 Å². The van der Waals surface area contributed by atoms with E-state index in [4.69, 9.17) is 0 Å². The Morgan fingerprint density at radius 1 is 1.08 bits per heavy atom. The summed E-state index contributed by atoms with van der Waals surface area (Å²) in [6.07, 6.45) is 0. The SMILES string of the molecule is O=C1c2ccccc2C(Br)C1Br. The first-order valence-electron chi connectivity index (χ1n) is 3.63. The number of fused-ring (bicyclic) bond motifs is 1. The number of carbonyl (C=O) groups is 1. The van der Waals surface area contributed by atoms with E-state index in [1.165, 1.54) is 0 Å². The molecule has 0 N–H and O–H groups in total. The van der Waals surface area contributed by atoms with Crippen molar-refractivity contribution in [1.82, 2.24) is 0 Å². The molecule has 0 saturated carbocycles. The van der Waals surface area contributed by atoms with E-state index in [0.29, 0.717) is 0 Å². The number of Topliss-reactive ketones (excluding diaryl/α,β-unsaturated/α-hetero) is 1. The van der Waals surface area contributed by atoms with E-state index < -0.39 is 0 Å². The van der Waals surface area contributed by atoms with E-state index >= 15 is 0 Å².